The van der Waals surface area contributed by atoms with Gasteiger partial charge in [0.05, 0.1) is 11.4 Å². The maximum Gasteiger partial charge on any atom is 0.242 e. The predicted molar refractivity (Wildman–Crippen MR) is 88.1 cm³/mol. The molecule has 0 spiro atoms. The number of pyridine rings is 1. The maximum atomic E-state index is 10.9. The number of nitro groups is 1. The Kier molecular flexibility index (Phi) is 5.46. The molecule has 0 saturated carbocycles. The first-order valence-electron chi connectivity index (χ1n) is 6.52. The fourth-order valence-corrected chi connectivity index (χ4v) is 2.24. The molecule has 1 atom stereocenters. The molecule has 7 heteroatoms. The van der Waals surface area contributed by atoms with Crippen LogP contribution in [0.1, 0.15) is 18.4 Å². The van der Waals surface area contributed by atoms with Crippen LogP contribution in [-0.2, 0) is 0 Å². The highest BCUT2D eigenvalue weighted by Gasteiger charge is 2.19. The van der Waals surface area contributed by atoms with E-state index in [-0.39, 0.29) is 12.5 Å². The standard InChI is InChI=1S/C15H13Cl2N3O2/c1-10(11-5-6-15(17)18-8-11)14(9-20(21)22)19-13-4-2-3-12(16)7-13/h2-8,10H,9H2,1H3. The zero-order valence-corrected chi connectivity index (χ0v) is 13.3. The van der Waals surface area contributed by atoms with Crippen LogP contribution >= 0.6 is 23.2 Å². The van der Waals surface area contributed by atoms with Gasteiger partial charge < -0.3 is 0 Å². The Labute approximate surface area is 137 Å². The second-order valence-electron chi connectivity index (χ2n) is 4.71. The minimum atomic E-state index is -0.400. The molecule has 0 fully saturated rings. The SMILES string of the molecule is CC(C(C[N+](=O)[O-])=Nc1cccc(Cl)c1)c1ccc(Cl)nc1. The Bertz CT molecular complexity index is 702. The van der Waals surface area contributed by atoms with E-state index in [1.165, 1.54) is 0 Å². The number of nitrogens with zero attached hydrogens (tertiary/aromatic N) is 3. The van der Waals surface area contributed by atoms with Crippen LogP contribution in [-0.4, -0.2) is 22.2 Å². The zero-order valence-electron chi connectivity index (χ0n) is 11.7. The Hall–Kier alpha value is -1.98. The van der Waals surface area contributed by atoms with Crippen molar-refractivity contribution in [3.05, 3.63) is 68.4 Å². The molecule has 0 saturated heterocycles. The number of aromatic nitrogens is 1. The Morgan fingerprint density at radius 2 is 2.14 bits per heavy atom. The molecule has 0 aliphatic rings. The van der Waals surface area contributed by atoms with E-state index in [2.05, 4.69) is 9.98 Å². The summed E-state index contributed by atoms with van der Waals surface area (Å²) < 4.78 is 0. The normalized spacial score (nSPS) is 13.0. The van der Waals surface area contributed by atoms with Crippen molar-refractivity contribution in [3.63, 3.8) is 0 Å². The molecular formula is C15H13Cl2N3O2. The summed E-state index contributed by atoms with van der Waals surface area (Å²) in [6.45, 7) is 1.49. The molecule has 0 aliphatic heterocycles. The van der Waals surface area contributed by atoms with Gasteiger partial charge in [-0.3, -0.25) is 15.1 Å². The fraction of sp³-hybridized carbons (Fsp3) is 0.200. The van der Waals surface area contributed by atoms with Gasteiger partial charge in [-0.15, -0.1) is 0 Å². The van der Waals surface area contributed by atoms with Crippen LogP contribution in [0.3, 0.4) is 0 Å². The lowest BCUT2D eigenvalue weighted by atomic mass is 9.97. The first kappa shape index (κ1) is 16.4. The van der Waals surface area contributed by atoms with Gasteiger partial charge in [0.25, 0.3) is 0 Å². The summed E-state index contributed by atoms with van der Waals surface area (Å²) in [6.07, 6.45) is 1.60. The van der Waals surface area contributed by atoms with Crippen molar-refractivity contribution in [2.45, 2.75) is 12.8 Å². The van der Waals surface area contributed by atoms with E-state index in [9.17, 15) is 10.1 Å². The first-order chi connectivity index (χ1) is 10.5. The van der Waals surface area contributed by atoms with Crippen molar-refractivity contribution in [3.8, 4) is 0 Å². The highest BCUT2D eigenvalue weighted by atomic mass is 35.5. The molecule has 5 nitrogen and oxygen atoms in total. The summed E-state index contributed by atoms with van der Waals surface area (Å²) in [5.41, 5.74) is 1.82. The zero-order chi connectivity index (χ0) is 16.1. The van der Waals surface area contributed by atoms with E-state index in [0.29, 0.717) is 21.6 Å². The molecule has 0 amide bonds. The van der Waals surface area contributed by atoms with E-state index >= 15 is 0 Å². The molecule has 1 aromatic carbocycles. The quantitative estimate of drug-likeness (QED) is 0.348. The minimum Gasteiger partial charge on any atom is -0.264 e. The van der Waals surface area contributed by atoms with Gasteiger partial charge in [-0.2, -0.15) is 0 Å². The topological polar surface area (TPSA) is 68.4 Å². The van der Waals surface area contributed by atoms with Crippen LogP contribution < -0.4 is 0 Å². The lowest BCUT2D eigenvalue weighted by Crippen LogP contribution is -2.20. The van der Waals surface area contributed by atoms with Crippen LogP contribution in [0, 0.1) is 10.1 Å². The molecule has 1 aromatic heterocycles. The summed E-state index contributed by atoms with van der Waals surface area (Å²) in [7, 11) is 0. The Balaban J connectivity index is 2.36. The summed E-state index contributed by atoms with van der Waals surface area (Å²) in [6, 6.07) is 10.3. The van der Waals surface area contributed by atoms with Crippen LogP contribution in [0.25, 0.3) is 0 Å². The molecule has 1 heterocycles. The van der Waals surface area contributed by atoms with E-state index in [1.54, 1.807) is 42.6 Å². The third-order valence-electron chi connectivity index (χ3n) is 3.12. The van der Waals surface area contributed by atoms with Crippen LogP contribution in [0.2, 0.25) is 10.2 Å². The number of benzene rings is 1. The average molecular weight is 338 g/mol. The van der Waals surface area contributed by atoms with Gasteiger partial charge in [-0.1, -0.05) is 42.3 Å². The molecule has 2 aromatic rings. The number of rotatable bonds is 5. The maximum absolute atomic E-state index is 10.9. The van der Waals surface area contributed by atoms with Gasteiger partial charge in [0.1, 0.15) is 5.15 Å². The van der Waals surface area contributed by atoms with Gasteiger partial charge in [-0.05, 0) is 29.8 Å². The number of halogens is 2. The van der Waals surface area contributed by atoms with E-state index in [4.69, 9.17) is 23.2 Å². The van der Waals surface area contributed by atoms with Gasteiger partial charge in [0.15, 0.2) is 0 Å². The lowest BCUT2D eigenvalue weighted by Gasteiger charge is -2.12. The molecular weight excluding hydrogens is 325 g/mol. The second-order valence-corrected chi connectivity index (χ2v) is 5.53. The number of hydrogen-bond acceptors (Lipinski definition) is 4. The van der Waals surface area contributed by atoms with Crippen molar-refractivity contribution in [2.24, 2.45) is 4.99 Å². The number of hydrogen-bond donors (Lipinski definition) is 0. The third kappa shape index (κ3) is 4.51. The lowest BCUT2D eigenvalue weighted by molar-refractivity contribution is -0.463. The molecule has 114 valence electrons. The van der Waals surface area contributed by atoms with E-state index in [1.807, 2.05) is 6.92 Å². The summed E-state index contributed by atoms with van der Waals surface area (Å²) in [4.78, 5) is 18.9. The first-order valence-corrected chi connectivity index (χ1v) is 7.27. The molecule has 0 radical (unpaired) electrons. The van der Waals surface area contributed by atoms with Gasteiger partial charge in [-0.25, -0.2) is 4.98 Å². The summed E-state index contributed by atoms with van der Waals surface area (Å²) in [5, 5.41) is 11.8. The summed E-state index contributed by atoms with van der Waals surface area (Å²) in [5.74, 6) is -0.255. The second kappa shape index (κ2) is 7.33. The monoisotopic (exact) mass is 337 g/mol. The molecule has 1 unspecified atom stereocenters. The summed E-state index contributed by atoms with van der Waals surface area (Å²) >= 11 is 11.7. The molecule has 0 N–H and O–H groups in total. The minimum absolute atomic E-state index is 0.255. The van der Waals surface area contributed by atoms with Gasteiger partial charge in [0.2, 0.25) is 6.54 Å². The molecule has 2 rings (SSSR count). The number of aliphatic imine (C=N–C) groups is 1. The van der Waals surface area contributed by atoms with Crippen molar-refractivity contribution < 1.29 is 4.92 Å². The van der Waals surface area contributed by atoms with Crippen molar-refractivity contribution in [1.29, 1.82) is 0 Å². The van der Waals surface area contributed by atoms with Crippen LogP contribution in [0.15, 0.2) is 47.6 Å². The van der Waals surface area contributed by atoms with Crippen molar-refractivity contribution >= 4 is 34.6 Å². The largest absolute Gasteiger partial charge is 0.264 e. The molecule has 22 heavy (non-hydrogen) atoms. The van der Waals surface area contributed by atoms with Crippen molar-refractivity contribution in [2.75, 3.05) is 6.54 Å². The molecule has 0 bridgehead atoms. The predicted octanol–water partition coefficient (Wildman–Crippen LogP) is 4.54. The Morgan fingerprint density at radius 3 is 2.73 bits per heavy atom. The van der Waals surface area contributed by atoms with Gasteiger partial charge in [0, 0.05) is 22.1 Å². The third-order valence-corrected chi connectivity index (χ3v) is 3.58. The van der Waals surface area contributed by atoms with Crippen molar-refractivity contribution in [1.82, 2.24) is 4.98 Å². The smallest absolute Gasteiger partial charge is 0.242 e. The molecule has 0 aliphatic carbocycles. The Morgan fingerprint density at radius 1 is 1.36 bits per heavy atom. The van der Waals surface area contributed by atoms with Crippen LogP contribution in [0.5, 0.6) is 0 Å². The van der Waals surface area contributed by atoms with E-state index in [0.717, 1.165) is 5.56 Å². The average Bonchev–Trinajstić information content (AvgIpc) is 2.46. The fourth-order valence-electron chi connectivity index (χ4n) is 1.95. The highest BCUT2D eigenvalue weighted by molar-refractivity contribution is 6.30. The highest BCUT2D eigenvalue weighted by Crippen LogP contribution is 2.23. The van der Waals surface area contributed by atoms with Gasteiger partial charge >= 0.3 is 0 Å². The van der Waals surface area contributed by atoms with Crippen LogP contribution in [0.4, 0.5) is 5.69 Å². The van der Waals surface area contributed by atoms with E-state index < -0.39 is 4.92 Å².